The van der Waals surface area contributed by atoms with E-state index in [2.05, 4.69) is 5.32 Å². The van der Waals surface area contributed by atoms with Gasteiger partial charge in [0.25, 0.3) is 5.91 Å². The zero-order chi connectivity index (χ0) is 19.6. The van der Waals surface area contributed by atoms with Crippen LogP contribution < -0.4 is 10.2 Å². The van der Waals surface area contributed by atoms with Crippen LogP contribution in [-0.4, -0.2) is 35.3 Å². The number of amides is 4. The minimum atomic E-state index is -0.676. The normalized spacial score (nSPS) is 16.8. The molecule has 0 unspecified atom stereocenters. The number of rotatable bonds is 5. The summed E-state index contributed by atoms with van der Waals surface area (Å²) in [5.41, 5.74) is 2.38. The number of halogens is 1. The predicted octanol–water partition coefficient (Wildman–Crippen LogP) is 2.61. The van der Waals surface area contributed by atoms with Crippen LogP contribution in [0.1, 0.15) is 18.1 Å². The summed E-state index contributed by atoms with van der Waals surface area (Å²) in [6.45, 7) is 3.40. The molecule has 0 aromatic heterocycles. The van der Waals surface area contributed by atoms with E-state index in [0.29, 0.717) is 5.69 Å². The monoisotopic (exact) mass is 369 g/mol. The molecule has 1 N–H and O–H groups in total. The third-order valence-electron chi connectivity index (χ3n) is 4.46. The Bertz CT molecular complexity index is 865. The van der Waals surface area contributed by atoms with E-state index in [0.717, 1.165) is 16.0 Å². The molecule has 2 aromatic carbocycles. The lowest BCUT2D eigenvalue weighted by atomic mass is 10.2. The Morgan fingerprint density at radius 2 is 1.70 bits per heavy atom. The third-order valence-corrected chi connectivity index (χ3v) is 4.46. The Balaban J connectivity index is 1.64. The van der Waals surface area contributed by atoms with Crippen molar-refractivity contribution in [3.63, 3.8) is 0 Å². The molecule has 3 rings (SSSR count). The summed E-state index contributed by atoms with van der Waals surface area (Å²) in [5, 5.41) is 2.64. The smallest absolute Gasteiger partial charge is 0.332 e. The fraction of sp³-hybridized carbons (Fsp3) is 0.250. The molecule has 4 amide bonds. The second-order valence-corrected chi connectivity index (χ2v) is 6.49. The molecule has 27 heavy (non-hydrogen) atoms. The van der Waals surface area contributed by atoms with Crippen LogP contribution in [0, 0.1) is 12.7 Å². The Hall–Kier alpha value is -3.22. The largest absolute Gasteiger partial charge is 0.350 e. The van der Waals surface area contributed by atoms with Gasteiger partial charge in [-0.25, -0.2) is 9.18 Å². The first-order chi connectivity index (χ1) is 12.9. The average molecular weight is 369 g/mol. The highest BCUT2D eigenvalue weighted by atomic mass is 19.1. The maximum atomic E-state index is 12.9. The summed E-state index contributed by atoms with van der Waals surface area (Å²) in [5.74, 6) is -1.24. The van der Waals surface area contributed by atoms with Gasteiger partial charge in [0.2, 0.25) is 5.91 Å². The molecular weight excluding hydrogens is 349 g/mol. The lowest BCUT2D eigenvalue weighted by Crippen LogP contribution is -2.41. The van der Waals surface area contributed by atoms with Gasteiger partial charge in [-0.3, -0.25) is 19.4 Å². The average Bonchev–Trinajstić information content (AvgIpc) is 2.86. The van der Waals surface area contributed by atoms with Crippen LogP contribution in [0.5, 0.6) is 0 Å². The lowest BCUT2D eigenvalue weighted by Gasteiger charge is -2.19. The number of anilines is 1. The van der Waals surface area contributed by atoms with E-state index in [1.165, 1.54) is 17.0 Å². The summed E-state index contributed by atoms with van der Waals surface area (Å²) >= 11 is 0. The number of imide groups is 1. The van der Waals surface area contributed by atoms with Crippen molar-refractivity contribution in [3.8, 4) is 0 Å². The van der Waals surface area contributed by atoms with Crippen molar-refractivity contribution in [2.24, 2.45) is 0 Å². The van der Waals surface area contributed by atoms with Gasteiger partial charge < -0.3 is 5.32 Å². The highest BCUT2D eigenvalue weighted by Crippen LogP contribution is 2.25. The van der Waals surface area contributed by atoms with Gasteiger partial charge in [-0.05, 0) is 43.7 Å². The zero-order valence-electron chi connectivity index (χ0n) is 15.1. The first-order valence-electron chi connectivity index (χ1n) is 8.59. The Morgan fingerprint density at radius 1 is 1.07 bits per heavy atom. The first-order valence-corrected chi connectivity index (χ1v) is 8.59. The number of nitrogens with zero attached hydrogens (tertiary/aromatic N) is 2. The molecule has 140 valence electrons. The van der Waals surface area contributed by atoms with E-state index in [1.54, 1.807) is 31.2 Å². The van der Waals surface area contributed by atoms with Crippen molar-refractivity contribution in [3.05, 3.63) is 65.5 Å². The van der Waals surface area contributed by atoms with E-state index < -0.39 is 23.9 Å². The number of carbonyl (C=O) groups excluding carboxylic acids is 3. The maximum Gasteiger partial charge on any atom is 0.332 e. The van der Waals surface area contributed by atoms with E-state index in [1.807, 2.05) is 19.1 Å². The quantitative estimate of drug-likeness (QED) is 0.824. The second kappa shape index (κ2) is 7.57. The molecule has 1 saturated heterocycles. The fourth-order valence-corrected chi connectivity index (χ4v) is 2.91. The van der Waals surface area contributed by atoms with E-state index in [9.17, 15) is 18.8 Å². The number of hydrogen-bond acceptors (Lipinski definition) is 3. The van der Waals surface area contributed by atoms with Crippen LogP contribution in [0.2, 0.25) is 0 Å². The fourth-order valence-electron chi connectivity index (χ4n) is 2.91. The molecule has 1 aliphatic rings. The summed E-state index contributed by atoms with van der Waals surface area (Å²) in [6, 6.07) is 11.8. The van der Waals surface area contributed by atoms with Gasteiger partial charge in [0.15, 0.2) is 0 Å². The number of carbonyl (C=O) groups is 3. The molecule has 0 spiro atoms. The second-order valence-electron chi connectivity index (χ2n) is 6.49. The van der Waals surface area contributed by atoms with E-state index in [-0.39, 0.29) is 18.9 Å². The Morgan fingerprint density at radius 3 is 2.33 bits per heavy atom. The molecule has 0 saturated carbocycles. The zero-order valence-corrected chi connectivity index (χ0v) is 15.1. The molecule has 2 aromatic rings. The number of urea groups is 1. The van der Waals surface area contributed by atoms with Crippen molar-refractivity contribution < 1.29 is 18.8 Å². The van der Waals surface area contributed by atoms with Gasteiger partial charge in [0, 0.05) is 12.2 Å². The topological polar surface area (TPSA) is 69.7 Å². The molecule has 1 aliphatic heterocycles. The number of hydrogen-bond donors (Lipinski definition) is 1. The molecule has 7 heteroatoms. The van der Waals surface area contributed by atoms with Gasteiger partial charge in [-0.15, -0.1) is 0 Å². The minimum absolute atomic E-state index is 0.187. The van der Waals surface area contributed by atoms with Crippen molar-refractivity contribution in [1.29, 1.82) is 0 Å². The van der Waals surface area contributed by atoms with Crippen molar-refractivity contribution in [1.82, 2.24) is 10.2 Å². The van der Waals surface area contributed by atoms with Gasteiger partial charge in [0.1, 0.15) is 18.4 Å². The third kappa shape index (κ3) is 3.97. The SMILES string of the molecule is Cc1ccc(N2C(=O)N(CC(=O)NCc3ccc(F)cc3)C(=O)[C@@H]2C)cc1. The van der Waals surface area contributed by atoms with Crippen LogP contribution in [0.4, 0.5) is 14.9 Å². The molecule has 6 nitrogen and oxygen atoms in total. The molecule has 1 heterocycles. The minimum Gasteiger partial charge on any atom is -0.350 e. The predicted molar refractivity (Wildman–Crippen MR) is 98.5 cm³/mol. The van der Waals surface area contributed by atoms with Crippen molar-refractivity contribution >= 4 is 23.5 Å². The number of benzene rings is 2. The van der Waals surface area contributed by atoms with Crippen LogP contribution in [-0.2, 0) is 16.1 Å². The molecule has 0 radical (unpaired) electrons. The summed E-state index contributed by atoms with van der Waals surface area (Å²) in [7, 11) is 0. The van der Waals surface area contributed by atoms with Gasteiger partial charge >= 0.3 is 6.03 Å². The first kappa shape index (κ1) is 18.6. The molecule has 1 fully saturated rings. The van der Waals surface area contributed by atoms with Gasteiger partial charge in [-0.1, -0.05) is 29.8 Å². The van der Waals surface area contributed by atoms with Crippen LogP contribution in [0.3, 0.4) is 0 Å². The highest BCUT2D eigenvalue weighted by Gasteiger charge is 2.43. The van der Waals surface area contributed by atoms with Gasteiger partial charge in [-0.2, -0.15) is 0 Å². The number of aryl methyl sites for hydroxylation is 1. The van der Waals surface area contributed by atoms with E-state index >= 15 is 0 Å². The molecule has 0 aliphatic carbocycles. The Labute approximate surface area is 156 Å². The molecular formula is C20H20FN3O3. The maximum absolute atomic E-state index is 12.9. The number of nitrogens with one attached hydrogen (secondary N) is 1. The van der Waals surface area contributed by atoms with Gasteiger partial charge in [0.05, 0.1) is 0 Å². The van der Waals surface area contributed by atoms with Crippen molar-refractivity contribution in [2.75, 3.05) is 11.4 Å². The summed E-state index contributed by atoms with van der Waals surface area (Å²) < 4.78 is 12.9. The molecule has 1 atom stereocenters. The summed E-state index contributed by atoms with van der Waals surface area (Å²) in [6.07, 6.45) is 0. The molecule has 0 bridgehead atoms. The summed E-state index contributed by atoms with van der Waals surface area (Å²) in [4.78, 5) is 39.6. The highest BCUT2D eigenvalue weighted by molar-refractivity contribution is 6.15. The van der Waals surface area contributed by atoms with Crippen molar-refractivity contribution in [2.45, 2.75) is 26.4 Å². The van der Waals surface area contributed by atoms with Crippen LogP contribution in [0.25, 0.3) is 0 Å². The lowest BCUT2D eigenvalue weighted by molar-refractivity contribution is -0.131. The van der Waals surface area contributed by atoms with Crippen LogP contribution in [0.15, 0.2) is 48.5 Å². The Kier molecular flexibility index (Phi) is 5.21. The van der Waals surface area contributed by atoms with Crippen LogP contribution >= 0.6 is 0 Å². The standard InChI is InChI=1S/C20H20FN3O3/c1-13-3-9-17(10-4-13)24-14(2)19(26)23(20(24)27)12-18(25)22-11-15-5-7-16(21)8-6-15/h3-10,14H,11-12H2,1-2H3,(H,22,25)/t14-/m0/s1. The van der Waals surface area contributed by atoms with E-state index in [4.69, 9.17) is 0 Å².